The third-order valence-corrected chi connectivity index (χ3v) is 6.44. The van der Waals surface area contributed by atoms with Gasteiger partial charge < -0.3 is 10.1 Å². The third kappa shape index (κ3) is 4.22. The molecule has 156 valence electrons. The number of nitrogens with one attached hydrogen (secondary N) is 2. The summed E-state index contributed by atoms with van der Waals surface area (Å²) in [6, 6.07) is 4.22. The number of ether oxygens (including phenoxy) is 1. The molecule has 1 saturated heterocycles. The fourth-order valence-corrected chi connectivity index (χ4v) is 4.73. The van der Waals surface area contributed by atoms with Gasteiger partial charge in [-0.25, -0.2) is 9.98 Å². The Kier molecular flexibility index (Phi) is 6.11. The van der Waals surface area contributed by atoms with Gasteiger partial charge in [-0.05, 0) is 69.0 Å². The first kappa shape index (κ1) is 20.5. The van der Waals surface area contributed by atoms with Gasteiger partial charge in [0.2, 0.25) is 0 Å². The first-order valence-electron chi connectivity index (χ1n) is 10.2. The van der Waals surface area contributed by atoms with Crippen molar-refractivity contribution in [2.75, 3.05) is 13.1 Å². The second-order valence-electron chi connectivity index (χ2n) is 7.53. The first-order valence-corrected chi connectivity index (χ1v) is 11.0. The summed E-state index contributed by atoms with van der Waals surface area (Å²) < 4.78 is 6.10. The van der Waals surface area contributed by atoms with E-state index in [1.165, 1.54) is 11.3 Å². The van der Waals surface area contributed by atoms with Crippen LogP contribution < -0.4 is 10.1 Å². The monoisotopic (exact) mass is 421 g/mol. The first-order chi connectivity index (χ1) is 14.6. The van der Waals surface area contributed by atoms with E-state index in [0.29, 0.717) is 5.19 Å². The lowest BCUT2D eigenvalue weighted by Gasteiger charge is -2.22. The fraction of sp³-hybridized carbons (Fsp3) is 0.348. The van der Waals surface area contributed by atoms with Crippen molar-refractivity contribution < 1.29 is 4.74 Å². The maximum Gasteiger partial charge on any atom is 0.275 e. The molecule has 4 rings (SSSR count). The molecule has 0 atom stereocenters. The number of hydrogen-bond donors (Lipinski definition) is 2. The maximum atomic E-state index is 6.10. The average molecular weight is 422 g/mol. The normalized spacial score (nSPS) is 15.4. The maximum absolute atomic E-state index is 6.10. The largest absolute Gasteiger partial charge is 0.467 e. The van der Waals surface area contributed by atoms with E-state index in [-0.39, 0.29) is 6.10 Å². The van der Waals surface area contributed by atoms with Gasteiger partial charge in [-0.3, -0.25) is 5.10 Å². The summed E-state index contributed by atoms with van der Waals surface area (Å²) in [4.78, 5) is 9.50. The van der Waals surface area contributed by atoms with Gasteiger partial charge in [0.25, 0.3) is 5.19 Å². The standard InChI is InChI=1S/C23H27N5OS/c1-5-19-14(2)20(6-7-21(19)17-12-25-26-13-17)15(3)27-22-16(4)28-23(30-22)29-18-8-10-24-11-9-18/h5-7,12-13,18,24H,1,8-11H2,2-4H3,(H,25,26)/b27-15+. The molecule has 3 heterocycles. The van der Waals surface area contributed by atoms with Gasteiger partial charge in [0.05, 0.1) is 11.9 Å². The highest BCUT2D eigenvalue weighted by molar-refractivity contribution is 7.17. The number of hydrogen-bond acceptors (Lipinski definition) is 6. The molecular formula is C23H27N5OS. The van der Waals surface area contributed by atoms with Crippen LogP contribution in [0.25, 0.3) is 17.2 Å². The van der Waals surface area contributed by atoms with Crippen molar-refractivity contribution in [3.05, 3.63) is 53.5 Å². The van der Waals surface area contributed by atoms with Gasteiger partial charge in [-0.1, -0.05) is 36.1 Å². The topological polar surface area (TPSA) is 75.2 Å². The van der Waals surface area contributed by atoms with Crippen LogP contribution in [-0.4, -0.2) is 40.1 Å². The van der Waals surface area contributed by atoms with Gasteiger partial charge in [0.1, 0.15) is 11.1 Å². The molecule has 0 bridgehead atoms. The quantitative estimate of drug-likeness (QED) is 0.545. The minimum Gasteiger partial charge on any atom is -0.467 e. The molecule has 0 spiro atoms. The van der Waals surface area contributed by atoms with Crippen LogP contribution in [0.5, 0.6) is 5.19 Å². The zero-order chi connectivity index (χ0) is 21.1. The number of piperidine rings is 1. The summed E-state index contributed by atoms with van der Waals surface area (Å²) in [5.74, 6) is 0. The number of thiazole rings is 1. The lowest BCUT2D eigenvalue weighted by atomic mass is 9.92. The summed E-state index contributed by atoms with van der Waals surface area (Å²) in [7, 11) is 0. The number of aryl methyl sites for hydroxylation is 1. The number of rotatable bonds is 6. The second kappa shape index (κ2) is 8.93. The zero-order valence-corrected chi connectivity index (χ0v) is 18.5. The molecule has 0 saturated carbocycles. The Hall–Kier alpha value is -2.77. The predicted molar refractivity (Wildman–Crippen MR) is 124 cm³/mol. The van der Waals surface area contributed by atoms with Crippen LogP contribution in [0.4, 0.5) is 5.00 Å². The van der Waals surface area contributed by atoms with Gasteiger partial charge >= 0.3 is 0 Å². The Bertz CT molecular complexity index is 1060. The van der Waals surface area contributed by atoms with E-state index in [2.05, 4.69) is 46.1 Å². The predicted octanol–water partition coefficient (Wildman–Crippen LogP) is 5.06. The molecule has 2 aromatic heterocycles. The van der Waals surface area contributed by atoms with E-state index in [1.807, 2.05) is 32.3 Å². The highest BCUT2D eigenvalue weighted by atomic mass is 32.1. The molecule has 2 N–H and O–H groups in total. The summed E-state index contributed by atoms with van der Waals surface area (Å²) in [5, 5.41) is 11.9. The molecule has 6 nitrogen and oxygen atoms in total. The van der Waals surface area contributed by atoms with Crippen molar-refractivity contribution in [1.29, 1.82) is 0 Å². The molecule has 30 heavy (non-hydrogen) atoms. The minimum atomic E-state index is 0.239. The van der Waals surface area contributed by atoms with E-state index < -0.39 is 0 Å². The number of aromatic nitrogens is 3. The summed E-state index contributed by atoms with van der Waals surface area (Å²) >= 11 is 1.52. The van der Waals surface area contributed by atoms with Crippen molar-refractivity contribution in [1.82, 2.24) is 20.5 Å². The van der Waals surface area contributed by atoms with Gasteiger partial charge in [-0.15, -0.1) is 0 Å². The van der Waals surface area contributed by atoms with Crippen LogP contribution in [0.2, 0.25) is 0 Å². The van der Waals surface area contributed by atoms with Crippen molar-refractivity contribution in [3.63, 3.8) is 0 Å². The number of aliphatic imine (C=N–C) groups is 1. The Morgan fingerprint density at radius 3 is 2.80 bits per heavy atom. The smallest absolute Gasteiger partial charge is 0.275 e. The van der Waals surface area contributed by atoms with Crippen molar-refractivity contribution in [2.24, 2.45) is 4.99 Å². The lowest BCUT2D eigenvalue weighted by Crippen LogP contribution is -2.34. The molecule has 1 aliphatic rings. The van der Waals surface area contributed by atoms with E-state index in [9.17, 15) is 0 Å². The van der Waals surface area contributed by atoms with Crippen LogP contribution in [0.15, 0.2) is 36.1 Å². The number of benzene rings is 1. The van der Waals surface area contributed by atoms with E-state index >= 15 is 0 Å². The van der Waals surface area contributed by atoms with Crippen molar-refractivity contribution in [3.8, 4) is 16.3 Å². The SMILES string of the molecule is C=Cc1c(-c2cn[nH]c2)ccc(/C(C)=N/c2sc(OC3CCNCC3)nc2C)c1C. The molecule has 1 aromatic carbocycles. The van der Waals surface area contributed by atoms with Crippen LogP contribution in [0, 0.1) is 13.8 Å². The molecule has 0 aliphatic carbocycles. The average Bonchev–Trinajstić information content (AvgIpc) is 3.39. The van der Waals surface area contributed by atoms with E-state index in [4.69, 9.17) is 9.73 Å². The van der Waals surface area contributed by atoms with Gasteiger partial charge in [0.15, 0.2) is 0 Å². The molecule has 0 radical (unpaired) electrons. The Balaban J connectivity index is 1.61. The van der Waals surface area contributed by atoms with Crippen molar-refractivity contribution >= 4 is 28.1 Å². The summed E-state index contributed by atoms with van der Waals surface area (Å²) in [6.45, 7) is 12.2. The van der Waals surface area contributed by atoms with Gasteiger partial charge in [-0.2, -0.15) is 5.10 Å². The van der Waals surface area contributed by atoms with E-state index in [0.717, 1.165) is 70.2 Å². The van der Waals surface area contributed by atoms with E-state index in [1.54, 1.807) is 0 Å². The Morgan fingerprint density at radius 2 is 2.10 bits per heavy atom. The molecule has 0 amide bonds. The van der Waals surface area contributed by atoms with Crippen molar-refractivity contribution in [2.45, 2.75) is 39.7 Å². The molecule has 1 fully saturated rings. The molecular weight excluding hydrogens is 394 g/mol. The summed E-state index contributed by atoms with van der Waals surface area (Å²) in [6.07, 6.45) is 7.89. The number of nitrogens with zero attached hydrogens (tertiary/aromatic N) is 3. The van der Waals surface area contributed by atoms with Gasteiger partial charge in [0, 0.05) is 17.5 Å². The number of H-pyrrole nitrogens is 1. The minimum absolute atomic E-state index is 0.239. The molecule has 1 aliphatic heterocycles. The molecule has 3 aromatic rings. The summed E-state index contributed by atoms with van der Waals surface area (Å²) in [5.41, 5.74) is 7.37. The van der Waals surface area contributed by atoms with Crippen LogP contribution in [0.3, 0.4) is 0 Å². The third-order valence-electron chi connectivity index (χ3n) is 5.49. The zero-order valence-electron chi connectivity index (χ0n) is 17.7. The van der Waals surface area contributed by atoms with Crippen LogP contribution >= 0.6 is 11.3 Å². The number of aromatic amines is 1. The van der Waals surface area contributed by atoms with Crippen LogP contribution in [-0.2, 0) is 0 Å². The molecule has 7 heteroatoms. The second-order valence-corrected chi connectivity index (χ2v) is 8.47. The Morgan fingerprint density at radius 1 is 1.30 bits per heavy atom. The highest BCUT2D eigenvalue weighted by Crippen LogP contribution is 2.35. The highest BCUT2D eigenvalue weighted by Gasteiger charge is 2.18. The molecule has 0 unspecified atom stereocenters. The fourth-order valence-electron chi connectivity index (χ4n) is 3.82. The Labute approximate surface area is 181 Å². The lowest BCUT2D eigenvalue weighted by molar-refractivity contribution is 0.161. The van der Waals surface area contributed by atoms with Crippen LogP contribution in [0.1, 0.15) is 42.1 Å².